The lowest BCUT2D eigenvalue weighted by Gasteiger charge is -2.14. The highest BCUT2D eigenvalue weighted by Crippen LogP contribution is 2.38. The Morgan fingerprint density at radius 2 is 1.09 bits per heavy atom. The fraction of sp³-hybridized carbons (Fsp3) is 0.321. The van der Waals surface area contributed by atoms with Crippen molar-refractivity contribution in [1.82, 2.24) is 0 Å². The lowest BCUT2D eigenvalue weighted by Crippen LogP contribution is -2.01. The van der Waals surface area contributed by atoms with Crippen molar-refractivity contribution >= 4 is 5.97 Å². The zero-order valence-electron chi connectivity index (χ0n) is 20.5. The number of methoxy groups -OCH3 is 5. The summed E-state index contributed by atoms with van der Waals surface area (Å²) in [5.41, 5.74) is 5.22. The maximum absolute atomic E-state index is 11.6. The zero-order valence-corrected chi connectivity index (χ0v) is 20.5. The van der Waals surface area contributed by atoms with Crippen LogP contribution in [-0.2, 0) is 30.4 Å². The van der Waals surface area contributed by atoms with Gasteiger partial charge in [0.1, 0.15) is 5.75 Å². The minimum absolute atomic E-state index is 0.323. The van der Waals surface area contributed by atoms with E-state index in [2.05, 4.69) is 18.2 Å². The topological polar surface area (TPSA) is 63.2 Å². The third-order valence-corrected chi connectivity index (χ3v) is 5.77. The summed E-state index contributed by atoms with van der Waals surface area (Å²) in [6.45, 7) is 0. The maximum atomic E-state index is 11.6. The standard InChI is InChI=1S/C28H32O6/c1-30-24-15-20(7-6-19-10-12-23(13-11-19)28(29)34-5)14-21(16-24)8-9-22-17-25(31-2)27(33-4)26(18-22)32-3/h10-18H,6-9H2,1-5H3. The number of hydrogen-bond acceptors (Lipinski definition) is 6. The summed E-state index contributed by atoms with van der Waals surface area (Å²) in [5.74, 6) is 2.43. The molecule has 3 rings (SSSR count). The Kier molecular flexibility index (Phi) is 8.79. The van der Waals surface area contributed by atoms with E-state index in [1.54, 1.807) is 40.6 Å². The van der Waals surface area contributed by atoms with Gasteiger partial charge in [-0.3, -0.25) is 0 Å². The van der Waals surface area contributed by atoms with Gasteiger partial charge in [-0.15, -0.1) is 0 Å². The Morgan fingerprint density at radius 3 is 1.53 bits per heavy atom. The van der Waals surface area contributed by atoms with Crippen molar-refractivity contribution in [2.75, 3.05) is 35.5 Å². The quantitative estimate of drug-likeness (QED) is 0.369. The van der Waals surface area contributed by atoms with E-state index in [9.17, 15) is 4.79 Å². The van der Waals surface area contributed by atoms with E-state index in [-0.39, 0.29) is 5.97 Å². The number of aryl methyl sites for hydroxylation is 4. The summed E-state index contributed by atoms with van der Waals surface area (Å²) in [7, 11) is 7.92. The molecule has 180 valence electrons. The van der Waals surface area contributed by atoms with Gasteiger partial charge in [-0.25, -0.2) is 4.79 Å². The molecule has 0 atom stereocenters. The Balaban J connectivity index is 1.71. The number of carbonyl (C=O) groups is 1. The fourth-order valence-electron chi connectivity index (χ4n) is 3.92. The molecule has 0 aliphatic carbocycles. The lowest BCUT2D eigenvalue weighted by molar-refractivity contribution is 0.0600. The molecule has 0 heterocycles. The van der Waals surface area contributed by atoms with Crippen LogP contribution in [0.25, 0.3) is 0 Å². The molecule has 0 aliphatic rings. The SMILES string of the molecule is COC(=O)c1ccc(CCc2cc(CCc3cc(OC)c(OC)c(OC)c3)cc(OC)c2)cc1. The van der Waals surface area contributed by atoms with Crippen LogP contribution in [-0.4, -0.2) is 41.5 Å². The summed E-state index contributed by atoms with van der Waals surface area (Å²) in [6, 6.07) is 17.9. The number of ether oxygens (including phenoxy) is 5. The highest BCUT2D eigenvalue weighted by molar-refractivity contribution is 5.89. The molecule has 0 radical (unpaired) electrons. The predicted molar refractivity (Wildman–Crippen MR) is 132 cm³/mol. The first kappa shape index (κ1) is 25.0. The molecule has 3 aromatic rings. The van der Waals surface area contributed by atoms with Gasteiger partial charge in [-0.1, -0.05) is 18.2 Å². The van der Waals surface area contributed by atoms with Crippen molar-refractivity contribution < 1.29 is 28.5 Å². The van der Waals surface area contributed by atoms with E-state index in [0.717, 1.165) is 42.6 Å². The monoisotopic (exact) mass is 464 g/mol. The molecule has 0 aromatic heterocycles. The van der Waals surface area contributed by atoms with Crippen molar-refractivity contribution in [3.8, 4) is 23.0 Å². The number of benzene rings is 3. The van der Waals surface area contributed by atoms with Crippen LogP contribution in [0.4, 0.5) is 0 Å². The molecule has 34 heavy (non-hydrogen) atoms. The second kappa shape index (κ2) is 12.0. The molecule has 6 heteroatoms. The van der Waals surface area contributed by atoms with E-state index >= 15 is 0 Å². The zero-order chi connectivity index (χ0) is 24.5. The molecule has 0 aliphatic heterocycles. The molecular weight excluding hydrogens is 432 g/mol. The lowest BCUT2D eigenvalue weighted by atomic mass is 9.98. The molecule has 3 aromatic carbocycles. The molecule has 0 fully saturated rings. The number of rotatable bonds is 11. The van der Waals surface area contributed by atoms with Gasteiger partial charge in [0.15, 0.2) is 11.5 Å². The van der Waals surface area contributed by atoms with Crippen LogP contribution >= 0.6 is 0 Å². The smallest absolute Gasteiger partial charge is 0.337 e. The van der Waals surface area contributed by atoms with Gasteiger partial charge in [-0.05, 0) is 84.3 Å². The Bertz CT molecular complexity index is 1080. The molecule has 0 bridgehead atoms. The minimum Gasteiger partial charge on any atom is -0.497 e. The van der Waals surface area contributed by atoms with Crippen LogP contribution in [0.3, 0.4) is 0 Å². The van der Waals surface area contributed by atoms with Gasteiger partial charge in [0, 0.05) is 0 Å². The van der Waals surface area contributed by atoms with Gasteiger partial charge in [0.2, 0.25) is 5.75 Å². The van der Waals surface area contributed by atoms with E-state index in [0.29, 0.717) is 22.8 Å². The van der Waals surface area contributed by atoms with Crippen LogP contribution < -0.4 is 18.9 Å². The van der Waals surface area contributed by atoms with Crippen LogP contribution in [0.1, 0.15) is 32.6 Å². The van der Waals surface area contributed by atoms with Gasteiger partial charge < -0.3 is 23.7 Å². The molecule has 0 saturated heterocycles. The van der Waals surface area contributed by atoms with Gasteiger partial charge >= 0.3 is 5.97 Å². The van der Waals surface area contributed by atoms with Crippen molar-refractivity contribution in [1.29, 1.82) is 0 Å². The summed E-state index contributed by atoms with van der Waals surface area (Å²) in [5, 5.41) is 0. The maximum Gasteiger partial charge on any atom is 0.337 e. The first-order valence-corrected chi connectivity index (χ1v) is 11.1. The van der Waals surface area contributed by atoms with Crippen molar-refractivity contribution in [3.63, 3.8) is 0 Å². The van der Waals surface area contributed by atoms with Gasteiger partial charge in [0.25, 0.3) is 0 Å². The number of hydrogen-bond donors (Lipinski definition) is 0. The summed E-state index contributed by atoms with van der Waals surface area (Å²) in [6.07, 6.45) is 3.39. The van der Waals surface area contributed by atoms with E-state index in [1.807, 2.05) is 24.3 Å². The summed E-state index contributed by atoms with van der Waals surface area (Å²) in [4.78, 5) is 11.6. The Labute approximate surface area is 201 Å². The van der Waals surface area contributed by atoms with Crippen molar-refractivity contribution in [2.24, 2.45) is 0 Å². The molecule has 0 N–H and O–H groups in total. The normalized spacial score (nSPS) is 10.5. The Morgan fingerprint density at radius 1 is 0.588 bits per heavy atom. The summed E-state index contributed by atoms with van der Waals surface area (Å²) >= 11 is 0. The molecular formula is C28H32O6. The highest BCUT2D eigenvalue weighted by atomic mass is 16.5. The average molecular weight is 465 g/mol. The Hall–Kier alpha value is -3.67. The fourth-order valence-corrected chi connectivity index (χ4v) is 3.92. The van der Waals surface area contributed by atoms with Crippen molar-refractivity contribution in [2.45, 2.75) is 25.7 Å². The van der Waals surface area contributed by atoms with Gasteiger partial charge in [0.05, 0.1) is 41.1 Å². The van der Waals surface area contributed by atoms with Crippen LogP contribution in [0.2, 0.25) is 0 Å². The second-order valence-electron chi connectivity index (χ2n) is 7.91. The molecule has 6 nitrogen and oxygen atoms in total. The van der Waals surface area contributed by atoms with Crippen LogP contribution in [0.5, 0.6) is 23.0 Å². The highest BCUT2D eigenvalue weighted by Gasteiger charge is 2.13. The first-order chi connectivity index (χ1) is 16.5. The van der Waals surface area contributed by atoms with Crippen LogP contribution in [0, 0.1) is 0 Å². The molecule has 0 saturated carbocycles. The number of carbonyl (C=O) groups excluding carboxylic acids is 1. The van der Waals surface area contributed by atoms with E-state index in [4.69, 9.17) is 23.7 Å². The van der Waals surface area contributed by atoms with Crippen molar-refractivity contribution in [3.05, 3.63) is 82.4 Å². The summed E-state index contributed by atoms with van der Waals surface area (Å²) < 4.78 is 26.7. The second-order valence-corrected chi connectivity index (χ2v) is 7.91. The van der Waals surface area contributed by atoms with E-state index in [1.165, 1.54) is 18.2 Å². The number of esters is 1. The largest absolute Gasteiger partial charge is 0.497 e. The predicted octanol–water partition coefficient (Wildman–Crippen LogP) is 5.08. The third kappa shape index (κ3) is 6.22. The van der Waals surface area contributed by atoms with Gasteiger partial charge in [-0.2, -0.15) is 0 Å². The van der Waals surface area contributed by atoms with E-state index < -0.39 is 0 Å². The minimum atomic E-state index is -0.323. The molecule has 0 amide bonds. The molecule has 0 spiro atoms. The third-order valence-electron chi connectivity index (χ3n) is 5.77. The molecule has 0 unspecified atom stereocenters. The average Bonchev–Trinajstić information content (AvgIpc) is 2.89. The van der Waals surface area contributed by atoms with Crippen LogP contribution in [0.15, 0.2) is 54.6 Å². The first-order valence-electron chi connectivity index (χ1n) is 11.1.